The molecule has 0 spiro atoms. The standard InChI is InChI=1S/C11H19N3/c1-9(2)7-14-11-10(8-12-3)5-4-6-13-11/h4-6,9,12H,7-8H2,1-3H3,(H,13,14). The second-order valence-corrected chi connectivity index (χ2v) is 3.82. The Balaban J connectivity index is 2.64. The molecule has 0 amide bonds. The maximum atomic E-state index is 4.32. The van der Waals surface area contributed by atoms with Crippen LogP contribution in [-0.4, -0.2) is 18.6 Å². The van der Waals surface area contributed by atoms with Gasteiger partial charge in [-0.25, -0.2) is 4.98 Å². The average molecular weight is 193 g/mol. The minimum Gasteiger partial charge on any atom is -0.370 e. The van der Waals surface area contributed by atoms with Crippen molar-refractivity contribution in [1.29, 1.82) is 0 Å². The third-order valence-electron chi connectivity index (χ3n) is 1.94. The lowest BCUT2D eigenvalue weighted by Gasteiger charge is -2.11. The van der Waals surface area contributed by atoms with Crippen molar-refractivity contribution >= 4 is 5.82 Å². The third-order valence-corrected chi connectivity index (χ3v) is 1.94. The Bertz CT molecular complexity index is 271. The van der Waals surface area contributed by atoms with Crippen LogP contribution in [0.15, 0.2) is 18.3 Å². The van der Waals surface area contributed by atoms with Gasteiger partial charge in [0.15, 0.2) is 0 Å². The zero-order chi connectivity index (χ0) is 10.4. The maximum absolute atomic E-state index is 4.32. The molecule has 3 heteroatoms. The number of pyridine rings is 1. The van der Waals surface area contributed by atoms with E-state index in [1.54, 1.807) is 0 Å². The molecule has 0 atom stereocenters. The van der Waals surface area contributed by atoms with Gasteiger partial charge in [-0.15, -0.1) is 0 Å². The fourth-order valence-electron chi connectivity index (χ4n) is 1.23. The molecule has 0 saturated heterocycles. The number of nitrogens with one attached hydrogen (secondary N) is 2. The molecular weight excluding hydrogens is 174 g/mol. The first-order valence-corrected chi connectivity index (χ1v) is 5.06. The Morgan fingerprint density at radius 3 is 2.86 bits per heavy atom. The average Bonchev–Trinajstić information content (AvgIpc) is 2.17. The number of anilines is 1. The molecule has 0 aliphatic rings. The first-order chi connectivity index (χ1) is 6.74. The summed E-state index contributed by atoms with van der Waals surface area (Å²) in [5, 5.41) is 6.48. The van der Waals surface area contributed by atoms with Crippen LogP contribution in [0.4, 0.5) is 5.82 Å². The van der Waals surface area contributed by atoms with Crippen LogP contribution in [0.5, 0.6) is 0 Å². The molecule has 1 heterocycles. The van der Waals surface area contributed by atoms with Gasteiger partial charge in [-0.1, -0.05) is 19.9 Å². The fourth-order valence-corrected chi connectivity index (χ4v) is 1.23. The molecule has 0 bridgehead atoms. The van der Waals surface area contributed by atoms with Crippen LogP contribution in [0.2, 0.25) is 0 Å². The quantitative estimate of drug-likeness (QED) is 0.749. The van der Waals surface area contributed by atoms with Crippen LogP contribution in [0.25, 0.3) is 0 Å². The Morgan fingerprint density at radius 1 is 1.43 bits per heavy atom. The van der Waals surface area contributed by atoms with E-state index in [9.17, 15) is 0 Å². The molecule has 78 valence electrons. The van der Waals surface area contributed by atoms with Gasteiger partial charge in [0, 0.05) is 24.8 Å². The highest BCUT2D eigenvalue weighted by molar-refractivity contribution is 5.43. The van der Waals surface area contributed by atoms with Crippen LogP contribution < -0.4 is 10.6 Å². The Hall–Kier alpha value is -1.09. The highest BCUT2D eigenvalue weighted by Crippen LogP contribution is 2.11. The predicted molar refractivity (Wildman–Crippen MR) is 60.3 cm³/mol. The summed E-state index contributed by atoms with van der Waals surface area (Å²) in [4.78, 5) is 4.32. The molecule has 0 radical (unpaired) electrons. The van der Waals surface area contributed by atoms with Gasteiger partial charge in [0.1, 0.15) is 5.82 Å². The van der Waals surface area contributed by atoms with E-state index >= 15 is 0 Å². The predicted octanol–water partition coefficient (Wildman–Crippen LogP) is 1.87. The van der Waals surface area contributed by atoms with Gasteiger partial charge in [0.05, 0.1) is 0 Å². The Kier molecular flexibility index (Phi) is 4.40. The highest BCUT2D eigenvalue weighted by atomic mass is 15.0. The SMILES string of the molecule is CNCc1cccnc1NCC(C)C. The van der Waals surface area contributed by atoms with Crippen molar-refractivity contribution in [2.24, 2.45) is 5.92 Å². The van der Waals surface area contributed by atoms with E-state index < -0.39 is 0 Å². The van der Waals surface area contributed by atoms with Crippen molar-refractivity contribution in [1.82, 2.24) is 10.3 Å². The zero-order valence-electron chi connectivity index (χ0n) is 9.17. The fraction of sp³-hybridized carbons (Fsp3) is 0.545. The summed E-state index contributed by atoms with van der Waals surface area (Å²) in [5.74, 6) is 1.63. The second-order valence-electron chi connectivity index (χ2n) is 3.82. The van der Waals surface area contributed by atoms with Crippen molar-refractivity contribution in [3.8, 4) is 0 Å². The lowest BCUT2D eigenvalue weighted by atomic mass is 10.2. The summed E-state index contributed by atoms with van der Waals surface area (Å²) < 4.78 is 0. The van der Waals surface area contributed by atoms with Crippen molar-refractivity contribution in [2.75, 3.05) is 18.9 Å². The molecular formula is C11H19N3. The number of rotatable bonds is 5. The second kappa shape index (κ2) is 5.60. The molecule has 0 aromatic carbocycles. The highest BCUT2D eigenvalue weighted by Gasteiger charge is 2.01. The molecule has 2 N–H and O–H groups in total. The minimum absolute atomic E-state index is 0.638. The van der Waals surface area contributed by atoms with E-state index in [2.05, 4.69) is 35.5 Å². The lowest BCUT2D eigenvalue weighted by molar-refractivity contribution is 0.685. The summed E-state index contributed by atoms with van der Waals surface area (Å²) in [5.41, 5.74) is 1.22. The smallest absolute Gasteiger partial charge is 0.130 e. The van der Waals surface area contributed by atoms with Gasteiger partial charge in [0.25, 0.3) is 0 Å². The van der Waals surface area contributed by atoms with Gasteiger partial charge in [0.2, 0.25) is 0 Å². The van der Waals surface area contributed by atoms with E-state index in [1.165, 1.54) is 5.56 Å². The molecule has 0 saturated carbocycles. The zero-order valence-corrected chi connectivity index (χ0v) is 9.17. The number of nitrogens with zero attached hydrogens (tertiary/aromatic N) is 1. The van der Waals surface area contributed by atoms with Crippen molar-refractivity contribution in [3.05, 3.63) is 23.9 Å². The van der Waals surface area contributed by atoms with Crippen LogP contribution in [0.3, 0.4) is 0 Å². The van der Waals surface area contributed by atoms with Crippen LogP contribution in [-0.2, 0) is 6.54 Å². The molecule has 0 aliphatic heterocycles. The third kappa shape index (κ3) is 3.34. The van der Waals surface area contributed by atoms with E-state index in [1.807, 2.05) is 19.3 Å². The van der Waals surface area contributed by atoms with Gasteiger partial charge in [-0.3, -0.25) is 0 Å². The molecule has 1 aromatic heterocycles. The van der Waals surface area contributed by atoms with E-state index in [-0.39, 0.29) is 0 Å². The van der Waals surface area contributed by atoms with Crippen molar-refractivity contribution in [3.63, 3.8) is 0 Å². The Morgan fingerprint density at radius 2 is 2.21 bits per heavy atom. The molecule has 0 aliphatic carbocycles. The molecule has 1 aromatic rings. The topological polar surface area (TPSA) is 37.0 Å². The molecule has 0 unspecified atom stereocenters. The normalized spacial score (nSPS) is 10.6. The number of aromatic nitrogens is 1. The van der Waals surface area contributed by atoms with Crippen LogP contribution in [0, 0.1) is 5.92 Å². The molecule has 0 fully saturated rings. The first kappa shape index (κ1) is 11.0. The summed E-state index contributed by atoms with van der Waals surface area (Å²) in [6.07, 6.45) is 1.82. The lowest BCUT2D eigenvalue weighted by Crippen LogP contribution is -2.13. The minimum atomic E-state index is 0.638. The van der Waals surface area contributed by atoms with Crippen molar-refractivity contribution < 1.29 is 0 Å². The Labute approximate surface area is 85.9 Å². The van der Waals surface area contributed by atoms with E-state index in [4.69, 9.17) is 0 Å². The van der Waals surface area contributed by atoms with E-state index in [0.717, 1.165) is 18.9 Å². The maximum Gasteiger partial charge on any atom is 0.130 e. The largest absolute Gasteiger partial charge is 0.370 e. The van der Waals surface area contributed by atoms with Gasteiger partial charge >= 0.3 is 0 Å². The first-order valence-electron chi connectivity index (χ1n) is 5.06. The number of hydrogen-bond donors (Lipinski definition) is 2. The summed E-state index contributed by atoms with van der Waals surface area (Å²) >= 11 is 0. The summed E-state index contributed by atoms with van der Waals surface area (Å²) in [6.45, 7) is 6.20. The van der Waals surface area contributed by atoms with E-state index in [0.29, 0.717) is 5.92 Å². The van der Waals surface area contributed by atoms with Crippen molar-refractivity contribution in [2.45, 2.75) is 20.4 Å². The number of hydrogen-bond acceptors (Lipinski definition) is 3. The molecule has 14 heavy (non-hydrogen) atoms. The molecule has 1 rings (SSSR count). The summed E-state index contributed by atoms with van der Waals surface area (Å²) in [6, 6.07) is 4.05. The summed E-state index contributed by atoms with van der Waals surface area (Å²) in [7, 11) is 1.94. The molecule has 3 nitrogen and oxygen atoms in total. The van der Waals surface area contributed by atoms with Gasteiger partial charge < -0.3 is 10.6 Å². The van der Waals surface area contributed by atoms with Crippen LogP contribution >= 0.6 is 0 Å². The van der Waals surface area contributed by atoms with Gasteiger partial charge in [-0.2, -0.15) is 0 Å². The van der Waals surface area contributed by atoms with Gasteiger partial charge in [-0.05, 0) is 19.0 Å². The van der Waals surface area contributed by atoms with Crippen LogP contribution in [0.1, 0.15) is 19.4 Å². The monoisotopic (exact) mass is 193 g/mol.